The Morgan fingerprint density at radius 2 is 0.733 bits per heavy atom. The zero-order chi connectivity index (χ0) is 50.3. The highest BCUT2D eigenvalue weighted by Crippen LogP contribution is 2.54. The van der Waals surface area contributed by atoms with Crippen molar-refractivity contribution in [2.45, 2.75) is 19.3 Å². The van der Waals surface area contributed by atoms with Gasteiger partial charge in [0.15, 0.2) is 0 Å². The molecule has 2 nitrogen and oxygen atoms in total. The Morgan fingerprint density at radius 1 is 0.253 bits per heavy atom. The van der Waals surface area contributed by atoms with Gasteiger partial charge in [0.1, 0.15) is 0 Å². The van der Waals surface area contributed by atoms with Crippen LogP contribution in [-0.4, -0.2) is 0 Å². The molecule has 356 valence electrons. The Bertz CT molecular complexity index is 3900. The molecule has 0 aliphatic heterocycles. The minimum absolute atomic E-state index is 0.285. The highest BCUT2D eigenvalue weighted by molar-refractivity contribution is 6.06. The van der Waals surface area contributed by atoms with Crippen LogP contribution in [0.25, 0.3) is 77.5 Å². The summed E-state index contributed by atoms with van der Waals surface area (Å²) in [5.41, 5.74) is 23.0. The van der Waals surface area contributed by atoms with Crippen molar-refractivity contribution in [2.24, 2.45) is 0 Å². The highest BCUT2D eigenvalue weighted by Gasteiger charge is 2.37. The first-order chi connectivity index (χ1) is 37.0. The molecule has 0 amide bonds. The zero-order valence-electron chi connectivity index (χ0n) is 42.1. The van der Waals surface area contributed by atoms with Crippen LogP contribution in [0, 0.1) is 0 Å². The lowest BCUT2D eigenvalue weighted by atomic mass is 9.81. The van der Waals surface area contributed by atoms with E-state index >= 15 is 0 Å². The minimum atomic E-state index is -0.285. The molecule has 12 aromatic carbocycles. The molecule has 1 aliphatic rings. The molecule has 2 heteroatoms. The van der Waals surface area contributed by atoms with E-state index in [-0.39, 0.29) is 5.41 Å². The van der Waals surface area contributed by atoms with Crippen LogP contribution >= 0.6 is 0 Å². The summed E-state index contributed by atoms with van der Waals surface area (Å²) in [6.45, 7) is 4.79. The quantitative estimate of drug-likeness (QED) is 0.127. The third-order valence-electron chi connectivity index (χ3n) is 15.2. The summed E-state index contributed by atoms with van der Waals surface area (Å²) < 4.78 is 0. The van der Waals surface area contributed by atoms with E-state index in [0.29, 0.717) is 0 Å². The standard InChI is InChI=1S/C73H54N2/c1-73(2)68-48-56(51-24-9-3-10-25-51)40-43-66(68)67-44-42-60(50-69(67)73)75(70-45-41-54-30-21-22-37-65(54)72(70)55-31-15-6-16-32-55)62-47-57(46-61(49-62)74(58-33-17-7-18-34-58)59-35-19-8-20-36-59)71-63(52-26-11-4-12-27-52)38-23-39-64(71)53-28-13-5-14-29-53/h3-50H,1-2H3. The van der Waals surface area contributed by atoms with E-state index < -0.39 is 0 Å². The smallest absolute Gasteiger partial charge is 0.0546 e. The maximum absolute atomic E-state index is 2.54. The fraction of sp³-hybridized carbons (Fsp3) is 0.0411. The summed E-state index contributed by atoms with van der Waals surface area (Å²) in [4.78, 5) is 4.95. The van der Waals surface area contributed by atoms with Crippen LogP contribution in [0.4, 0.5) is 34.1 Å². The molecule has 0 heterocycles. The van der Waals surface area contributed by atoms with Crippen LogP contribution in [0.3, 0.4) is 0 Å². The first-order valence-electron chi connectivity index (χ1n) is 26.0. The SMILES string of the molecule is CC1(C)c2cc(-c3ccccc3)ccc2-c2ccc(N(c3cc(-c4c(-c5ccccc5)cccc4-c4ccccc4)cc(N(c4ccccc4)c4ccccc4)c3)c3ccc4ccccc4c3-c3ccccc3)cc21. The van der Waals surface area contributed by atoms with Gasteiger partial charge in [-0.1, -0.05) is 238 Å². The van der Waals surface area contributed by atoms with Crippen molar-refractivity contribution in [3.63, 3.8) is 0 Å². The predicted octanol–water partition coefficient (Wildman–Crippen LogP) is 20.4. The maximum atomic E-state index is 2.54. The van der Waals surface area contributed by atoms with Crippen molar-refractivity contribution in [1.82, 2.24) is 0 Å². The number of hydrogen-bond donors (Lipinski definition) is 0. The molecule has 0 aromatic heterocycles. The third kappa shape index (κ3) is 8.27. The molecule has 0 bridgehead atoms. The summed E-state index contributed by atoms with van der Waals surface area (Å²) in [7, 11) is 0. The monoisotopic (exact) mass is 958 g/mol. The fourth-order valence-corrected chi connectivity index (χ4v) is 11.6. The van der Waals surface area contributed by atoms with Crippen molar-refractivity contribution >= 4 is 44.9 Å². The van der Waals surface area contributed by atoms with Gasteiger partial charge >= 0.3 is 0 Å². The van der Waals surface area contributed by atoms with Gasteiger partial charge < -0.3 is 9.80 Å². The Morgan fingerprint density at radius 3 is 1.32 bits per heavy atom. The van der Waals surface area contributed by atoms with Gasteiger partial charge in [-0.15, -0.1) is 0 Å². The van der Waals surface area contributed by atoms with Crippen LogP contribution in [0.2, 0.25) is 0 Å². The highest BCUT2D eigenvalue weighted by atomic mass is 15.2. The van der Waals surface area contributed by atoms with Crippen molar-refractivity contribution in [3.05, 3.63) is 302 Å². The van der Waals surface area contributed by atoms with Crippen LogP contribution < -0.4 is 9.80 Å². The lowest BCUT2D eigenvalue weighted by Crippen LogP contribution is -2.17. The lowest BCUT2D eigenvalue weighted by molar-refractivity contribution is 0.660. The van der Waals surface area contributed by atoms with Gasteiger partial charge in [-0.05, 0) is 150 Å². The number of nitrogens with zero attached hydrogens (tertiary/aromatic N) is 2. The van der Waals surface area contributed by atoms with E-state index in [1.807, 2.05) is 0 Å². The number of hydrogen-bond acceptors (Lipinski definition) is 2. The molecule has 0 radical (unpaired) electrons. The van der Waals surface area contributed by atoms with Gasteiger partial charge in [-0.3, -0.25) is 0 Å². The van der Waals surface area contributed by atoms with Gasteiger partial charge in [0.2, 0.25) is 0 Å². The predicted molar refractivity (Wildman–Crippen MR) is 318 cm³/mol. The van der Waals surface area contributed by atoms with Crippen LogP contribution in [-0.2, 0) is 5.41 Å². The lowest BCUT2D eigenvalue weighted by Gasteiger charge is -2.33. The first-order valence-corrected chi connectivity index (χ1v) is 26.0. The largest absolute Gasteiger partial charge is 0.310 e. The van der Waals surface area contributed by atoms with Gasteiger partial charge in [-0.25, -0.2) is 0 Å². The van der Waals surface area contributed by atoms with E-state index in [4.69, 9.17) is 0 Å². The van der Waals surface area contributed by atoms with Crippen molar-refractivity contribution in [1.29, 1.82) is 0 Å². The molecule has 0 unspecified atom stereocenters. The second-order valence-electron chi connectivity index (χ2n) is 20.1. The van der Waals surface area contributed by atoms with E-state index in [9.17, 15) is 0 Å². The molecule has 0 saturated carbocycles. The van der Waals surface area contributed by atoms with Crippen molar-refractivity contribution < 1.29 is 0 Å². The summed E-state index contributed by atoms with van der Waals surface area (Å²) in [6, 6.07) is 107. The molecule has 13 rings (SSSR count). The molecular formula is C73H54N2. The Balaban J connectivity index is 1.13. The number of benzene rings is 12. The molecule has 0 N–H and O–H groups in total. The molecular weight excluding hydrogens is 905 g/mol. The molecule has 0 fully saturated rings. The van der Waals surface area contributed by atoms with E-state index in [1.54, 1.807) is 0 Å². The maximum Gasteiger partial charge on any atom is 0.0546 e. The summed E-state index contributed by atoms with van der Waals surface area (Å²) in [6.07, 6.45) is 0. The Hall–Kier alpha value is -9.50. The van der Waals surface area contributed by atoms with Crippen molar-refractivity contribution in [2.75, 3.05) is 9.80 Å². The van der Waals surface area contributed by atoms with Gasteiger partial charge in [0.25, 0.3) is 0 Å². The molecule has 12 aromatic rings. The van der Waals surface area contributed by atoms with Crippen LogP contribution in [0.5, 0.6) is 0 Å². The van der Waals surface area contributed by atoms with Crippen molar-refractivity contribution in [3.8, 4) is 66.8 Å². The molecule has 0 spiro atoms. The molecule has 75 heavy (non-hydrogen) atoms. The second kappa shape index (κ2) is 19.2. The second-order valence-corrected chi connectivity index (χ2v) is 20.1. The first kappa shape index (κ1) is 45.4. The number of fused-ring (bicyclic) bond motifs is 4. The Kier molecular flexibility index (Phi) is 11.6. The van der Waals surface area contributed by atoms with E-state index in [0.717, 1.165) is 56.4 Å². The molecule has 1 aliphatic carbocycles. The van der Waals surface area contributed by atoms with Gasteiger partial charge in [-0.2, -0.15) is 0 Å². The normalized spacial score (nSPS) is 12.2. The molecule has 0 saturated heterocycles. The van der Waals surface area contributed by atoms with Crippen LogP contribution in [0.1, 0.15) is 25.0 Å². The number of para-hydroxylation sites is 2. The van der Waals surface area contributed by atoms with E-state index in [1.165, 1.54) is 66.4 Å². The summed E-state index contributed by atoms with van der Waals surface area (Å²) in [5.74, 6) is 0. The van der Waals surface area contributed by atoms with Gasteiger partial charge in [0.05, 0.1) is 5.69 Å². The third-order valence-corrected chi connectivity index (χ3v) is 15.2. The zero-order valence-corrected chi connectivity index (χ0v) is 42.1. The minimum Gasteiger partial charge on any atom is -0.310 e. The summed E-state index contributed by atoms with van der Waals surface area (Å²) in [5, 5.41) is 2.39. The topological polar surface area (TPSA) is 6.48 Å². The average molecular weight is 959 g/mol. The van der Waals surface area contributed by atoms with Gasteiger partial charge in [0, 0.05) is 39.4 Å². The molecule has 0 atom stereocenters. The average Bonchev–Trinajstić information content (AvgIpc) is 3.75. The summed E-state index contributed by atoms with van der Waals surface area (Å²) >= 11 is 0. The van der Waals surface area contributed by atoms with E-state index in [2.05, 4.69) is 315 Å². The Labute approximate surface area is 440 Å². The number of rotatable bonds is 11. The van der Waals surface area contributed by atoms with Crippen LogP contribution in [0.15, 0.2) is 291 Å². The number of anilines is 6. The fourth-order valence-electron chi connectivity index (χ4n) is 11.6.